The van der Waals surface area contributed by atoms with Crippen LogP contribution in [0.2, 0.25) is 0 Å². The Labute approximate surface area is 187 Å². The first kappa shape index (κ1) is 24.3. The molecular weight excluding hydrogens is 412 g/mol. The van der Waals surface area contributed by atoms with E-state index in [0.717, 1.165) is 16.5 Å². The predicted octanol–water partition coefficient (Wildman–Crippen LogP) is 6.21. The smallest absolute Gasteiger partial charge is 0.218 e. The Morgan fingerprint density at radius 2 is 1.42 bits per heavy atom. The van der Waals surface area contributed by atoms with Crippen LogP contribution in [-0.4, -0.2) is 30.1 Å². The number of aromatic nitrogens is 4. The van der Waals surface area contributed by atoms with E-state index in [1.54, 1.807) is 13.1 Å². The number of nitrogens with zero attached hydrogens (tertiary/aromatic N) is 4. The molecule has 0 saturated heterocycles. The van der Waals surface area contributed by atoms with Gasteiger partial charge in [-0.25, -0.2) is 0 Å². The van der Waals surface area contributed by atoms with Crippen LogP contribution in [0.25, 0.3) is 21.8 Å². The van der Waals surface area contributed by atoms with Crippen molar-refractivity contribution in [2.24, 2.45) is 0 Å². The second-order valence-corrected chi connectivity index (χ2v) is 8.25. The summed E-state index contributed by atoms with van der Waals surface area (Å²) in [5, 5.41) is 1.89. The van der Waals surface area contributed by atoms with E-state index >= 15 is 0 Å². The molecule has 7 heteroatoms. The maximum absolute atomic E-state index is 11.5. The second-order valence-electron chi connectivity index (χ2n) is 7.71. The van der Waals surface area contributed by atoms with Crippen LogP contribution < -0.4 is 0 Å². The van der Waals surface area contributed by atoms with Crippen LogP contribution >= 0.6 is 11.6 Å². The van der Waals surface area contributed by atoms with Gasteiger partial charge in [-0.2, -0.15) is 0 Å². The molecule has 0 radical (unpaired) electrons. The summed E-state index contributed by atoms with van der Waals surface area (Å²) in [6, 6.07) is 6.90. The molecule has 4 heterocycles. The first-order chi connectivity index (χ1) is 14.6. The van der Waals surface area contributed by atoms with Gasteiger partial charge in [0.1, 0.15) is 0 Å². The first-order valence-corrected chi connectivity index (χ1v) is 10.5. The minimum absolute atomic E-state index is 0.102. The van der Waals surface area contributed by atoms with E-state index in [9.17, 15) is 9.59 Å². The molecule has 0 aliphatic carbocycles. The number of hydrogen-bond acceptors (Lipinski definition) is 4. The summed E-state index contributed by atoms with van der Waals surface area (Å²) in [7, 11) is 0. The van der Waals surface area contributed by atoms with E-state index in [1.165, 1.54) is 17.8 Å². The molecule has 0 unspecified atom stereocenters. The topological polar surface area (TPSA) is 69.8 Å². The van der Waals surface area contributed by atoms with Gasteiger partial charge >= 0.3 is 0 Å². The molecule has 0 amide bonds. The fourth-order valence-electron chi connectivity index (χ4n) is 3.25. The normalized spacial score (nSPS) is 10.6. The molecule has 0 bridgehead atoms. The van der Waals surface area contributed by atoms with Crippen LogP contribution in [0, 0.1) is 0 Å². The highest BCUT2D eigenvalue weighted by atomic mass is 35.5. The van der Waals surface area contributed by atoms with E-state index in [2.05, 4.69) is 70.7 Å². The summed E-state index contributed by atoms with van der Waals surface area (Å²) in [4.78, 5) is 28.9. The van der Waals surface area contributed by atoms with Crippen molar-refractivity contribution < 1.29 is 9.59 Å². The molecule has 4 rings (SSSR count). The Hall–Kier alpha value is -2.99. The Bertz CT molecular complexity index is 1170. The van der Waals surface area contributed by atoms with E-state index in [1.807, 2.05) is 36.9 Å². The summed E-state index contributed by atoms with van der Waals surface area (Å²) in [6.07, 6.45) is 11.3. The number of fused-ring (bicyclic) bond motifs is 2. The lowest BCUT2D eigenvalue weighted by molar-refractivity contribution is -0.109. The van der Waals surface area contributed by atoms with Crippen molar-refractivity contribution in [2.45, 2.75) is 53.6 Å². The van der Waals surface area contributed by atoms with E-state index in [-0.39, 0.29) is 11.0 Å². The Morgan fingerprint density at radius 1 is 0.871 bits per heavy atom. The van der Waals surface area contributed by atoms with E-state index < -0.39 is 0 Å². The summed E-state index contributed by atoms with van der Waals surface area (Å²) in [5.74, 6) is 0.102. The van der Waals surface area contributed by atoms with Gasteiger partial charge in [-0.3, -0.25) is 19.6 Å². The zero-order valence-corrected chi connectivity index (χ0v) is 19.6. The molecule has 0 saturated carbocycles. The molecule has 164 valence electrons. The number of carbonyl (C=O) groups excluding carboxylic acids is 2. The van der Waals surface area contributed by atoms with Gasteiger partial charge in [-0.1, -0.05) is 0 Å². The maximum Gasteiger partial charge on any atom is 0.218 e. The number of rotatable bonds is 3. The number of pyridine rings is 2. The average molecular weight is 441 g/mol. The number of carbonyl (C=O) groups is 2. The SMILES string of the molecule is CC(=O)Cl.CC(=O)c1cn(C(C)C)c2cnccc12.CC(C)n1ccc2ccncc21. The molecule has 31 heavy (non-hydrogen) atoms. The van der Waals surface area contributed by atoms with Gasteiger partial charge in [0, 0.05) is 60.1 Å². The molecule has 0 aliphatic rings. The third kappa shape index (κ3) is 6.25. The number of ketones is 1. The molecule has 0 fully saturated rings. The molecule has 0 aromatic carbocycles. The van der Waals surface area contributed by atoms with Crippen molar-refractivity contribution in [3.63, 3.8) is 0 Å². The fraction of sp³-hybridized carbons (Fsp3) is 0.333. The van der Waals surface area contributed by atoms with Crippen molar-refractivity contribution in [1.82, 2.24) is 19.1 Å². The van der Waals surface area contributed by atoms with Crippen LogP contribution in [0.15, 0.2) is 55.4 Å². The Kier molecular flexibility index (Phi) is 8.51. The van der Waals surface area contributed by atoms with Crippen LogP contribution in [0.3, 0.4) is 0 Å². The van der Waals surface area contributed by atoms with Crippen molar-refractivity contribution in [3.8, 4) is 0 Å². The summed E-state index contributed by atoms with van der Waals surface area (Å²) >= 11 is 4.64. The van der Waals surface area contributed by atoms with Crippen molar-refractivity contribution in [2.75, 3.05) is 0 Å². The standard InChI is InChI=1S/C12H14N2O.C10H12N2.C2H3ClO/c1-8(2)14-7-11(9(3)15)10-4-5-13-6-12(10)14;1-8(2)12-6-4-9-3-5-11-7-10(9)12;1-2(3)4/h4-8H,1-3H3;3-8H,1-2H3;1H3. The van der Waals surface area contributed by atoms with Gasteiger partial charge in [0.2, 0.25) is 5.24 Å². The van der Waals surface area contributed by atoms with Crippen LogP contribution in [0.4, 0.5) is 0 Å². The number of halogens is 1. The van der Waals surface area contributed by atoms with Crippen LogP contribution in [0.5, 0.6) is 0 Å². The van der Waals surface area contributed by atoms with Crippen molar-refractivity contribution in [1.29, 1.82) is 0 Å². The Morgan fingerprint density at radius 3 is 1.97 bits per heavy atom. The molecule has 6 nitrogen and oxygen atoms in total. The molecule has 4 aromatic rings. The van der Waals surface area contributed by atoms with Gasteiger partial charge in [-0.05, 0) is 64.4 Å². The number of hydrogen-bond donors (Lipinski definition) is 0. The molecule has 4 aromatic heterocycles. The first-order valence-electron chi connectivity index (χ1n) is 10.2. The number of Topliss-reactive ketones (excluding diaryl/α,β-unsaturated/α-hetero) is 1. The van der Waals surface area contributed by atoms with Crippen LogP contribution in [-0.2, 0) is 4.79 Å². The van der Waals surface area contributed by atoms with Gasteiger partial charge < -0.3 is 9.13 Å². The average Bonchev–Trinajstić information content (AvgIpc) is 3.30. The molecule has 0 aliphatic heterocycles. The third-order valence-corrected chi connectivity index (χ3v) is 4.65. The largest absolute Gasteiger partial charge is 0.344 e. The second kappa shape index (κ2) is 10.9. The predicted molar refractivity (Wildman–Crippen MR) is 127 cm³/mol. The molecule has 0 atom stereocenters. The quantitative estimate of drug-likeness (QED) is 0.280. The zero-order valence-electron chi connectivity index (χ0n) is 18.8. The highest BCUT2D eigenvalue weighted by molar-refractivity contribution is 6.62. The zero-order chi connectivity index (χ0) is 23.1. The van der Waals surface area contributed by atoms with E-state index in [4.69, 9.17) is 0 Å². The van der Waals surface area contributed by atoms with Gasteiger partial charge in [0.25, 0.3) is 0 Å². The van der Waals surface area contributed by atoms with Gasteiger partial charge in [0.15, 0.2) is 5.78 Å². The highest BCUT2D eigenvalue weighted by Gasteiger charge is 2.12. The van der Waals surface area contributed by atoms with Crippen molar-refractivity contribution >= 4 is 44.4 Å². The Balaban J connectivity index is 0.000000192. The van der Waals surface area contributed by atoms with Gasteiger partial charge in [0.05, 0.1) is 23.4 Å². The van der Waals surface area contributed by atoms with E-state index in [0.29, 0.717) is 12.1 Å². The lowest BCUT2D eigenvalue weighted by Crippen LogP contribution is -1.98. The lowest BCUT2D eigenvalue weighted by Gasteiger charge is -2.07. The molecule has 0 N–H and O–H groups in total. The van der Waals surface area contributed by atoms with Gasteiger partial charge in [-0.15, -0.1) is 0 Å². The maximum atomic E-state index is 11.5. The molecular formula is C24H29ClN4O2. The van der Waals surface area contributed by atoms with Crippen molar-refractivity contribution in [3.05, 3.63) is 60.9 Å². The third-order valence-electron chi connectivity index (χ3n) is 4.65. The monoisotopic (exact) mass is 440 g/mol. The minimum Gasteiger partial charge on any atom is -0.344 e. The summed E-state index contributed by atoms with van der Waals surface area (Å²) in [5.41, 5.74) is 3.02. The van der Waals surface area contributed by atoms with Crippen LogP contribution in [0.1, 0.15) is 64.0 Å². The molecule has 0 spiro atoms. The highest BCUT2D eigenvalue weighted by Crippen LogP contribution is 2.24. The fourth-order valence-corrected chi connectivity index (χ4v) is 3.25. The summed E-state index contributed by atoms with van der Waals surface area (Å²) < 4.78 is 4.31. The summed E-state index contributed by atoms with van der Waals surface area (Å²) in [6.45, 7) is 11.4. The minimum atomic E-state index is -0.361. The lowest BCUT2D eigenvalue weighted by atomic mass is 10.1.